The van der Waals surface area contributed by atoms with Crippen LogP contribution in [0, 0.1) is 12.3 Å². The predicted molar refractivity (Wildman–Crippen MR) is 80.1 cm³/mol. The molecule has 0 atom stereocenters. The standard InChI is InChI=1S/C16H23NO3/c1-4-11-20-16-14(8-6-9-15(16)18-3)13-17-10-7-12-19-5-2/h1,6,8-9,17H,5,7,10-13H2,2-3H3. The predicted octanol–water partition coefficient (Wildman–Crippen LogP) is 2.22. The molecule has 20 heavy (non-hydrogen) atoms. The molecule has 1 N–H and O–H groups in total. The number of hydrogen-bond donors (Lipinski definition) is 1. The van der Waals surface area contributed by atoms with Gasteiger partial charge in [0.25, 0.3) is 0 Å². The molecule has 0 aliphatic rings. The normalized spacial score (nSPS) is 10.1. The summed E-state index contributed by atoms with van der Waals surface area (Å²) in [4.78, 5) is 0. The van der Waals surface area contributed by atoms with E-state index >= 15 is 0 Å². The molecule has 0 fully saturated rings. The van der Waals surface area contributed by atoms with Crippen LogP contribution in [0.4, 0.5) is 0 Å². The maximum absolute atomic E-state index is 5.58. The van der Waals surface area contributed by atoms with Crippen LogP contribution in [0.2, 0.25) is 0 Å². The van der Waals surface area contributed by atoms with Crippen LogP contribution in [0.1, 0.15) is 18.9 Å². The van der Waals surface area contributed by atoms with Crippen LogP contribution < -0.4 is 14.8 Å². The van der Waals surface area contributed by atoms with Gasteiger partial charge >= 0.3 is 0 Å². The highest BCUT2D eigenvalue weighted by molar-refractivity contribution is 5.46. The molecule has 0 unspecified atom stereocenters. The first-order chi connectivity index (χ1) is 9.83. The summed E-state index contributed by atoms with van der Waals surface area (Å²) < 4.78 is 16.2. The Morgan fingerprint density at radius 3 is 2.90 bits per heavy atom. The monoisotopic (exact) mass is 277 g/mol. The molecule has 0 spiro atoms. The average molecular weight is 277 g/mol. The van der Waals surface area contributed by atoms with E-state index in [0.717, 1.165) is 31.7 Å². The Kier molecular flexibility index (Phi) is 8.28. The molecular weight excluding hydrogens is 254 g/mol. The minimum absolute atomic E-state index is 0.234. The molecule has 0 heterocycles. The Bertz CT molecular complexity index is 426. The molecule has 0 saturated heterocycles. The molecule has 1 aromatic rings. The number of methoxy groups -OCH3 is 1. The van der Waals surface area contributed by atoms with Crippen molar-refractivity contribution in [1.82, 2.24) is 5.32 Å². The first kappa shape index (κ1) is 16.4. The minimum Gasteiger partial charge on any atom is -0.493 e. The maximum atomic E-state index is 5.58. The average Bonchev–Trinajstić information content (AvgIpc) is 2.49. The Morgan fingerprint density at radius 1 is 1.35 bits per heavy atom. The SMILES string of the molecule is C#CCOc1c(CNCCCOCC)cccc1OC. The maximum Gasteiger partial charge on any atom is 0.167 e. The molecule has 1 rings (SSSR count). The third-order valence-electron chi connectivity index (χ3n) is 2.74. The second-order valence-electron chi connectivity index (χ2n) is 4.17. The van der Waals surface area contributed by atoms with Gasteiger partial charge in [0.2, 0.25) is 0 Å². The van der Waals surface area contributed by atoms with Crippen LogP contribution in [0.3, 0.4) is 0 Å². The van der Waals surface area contributed by atoms with Crippen molar-refractivity contribution in [1.29, 1.82) is 0 Å². The van der Waals surface area contributed by atoms with Crippen LogP contribution in [0.15, 0.2) is 18.2 Å². The molecule has 4 nitrogen and oxygen atoms in total. The zero-order chi connectivity index (χ0) is 14.6. The first-order valence-electron chi connectivity index (χ1n) is 6.84. The number of para-hydroxylation sites is 1. The molecule has 0 aromatic heterocycles. The first-order valence-corrected chi connectivity index (χ1v) is 6.84. The van der Waals surface area contributed by atoms with Crippen molar-refractivity contribution in [3.8, 4) is 23.8 Å². The zero-order valence-electron chi connectivity index (χ0n) is 12.3. The van der Waals surface area contributed by atoms with Crippen molar-refractivity contribution >= 4 is 0 Å². The van der Waals surface area contributed by atoms with Crippen LogP contribution >= 0.6 is 0 Å². The Labute approximate surface area is 121 Å². The topological polar surface area (TPSA) is 39.7 Å². The lowest BCUT2D eigenvalue weighted by Crippen LogP contribution is -2.17. The summed E-state index contributed by atoms with van der Waals surface area (Å²) in [7, 11) is 1.62. The van der Waals surface area contributed by atoms with E-state index < -0.39 is 0 Å². The van der Waals surface area contributed by atoms with Crippen LogP contribution in [0.25, 0.3) is 0 Å². The minimum atomic E-state index is 0.234. The van der Waals surface area contributed by atoms with Gasteiger partial charge in [-0.25, -0.2) is 0 Å². The van der Waals surface area contributed by atoms with Gasteiger partial charge in [0.05, 0.1) is 7.11 Å². The largest absolute Gasteiger partial charge is 0.493 e. The van der Waals surface area contributed by atoms with Gasteiger partial charge < -0.3 is 19.5 Å². The molecule has 0 amide bonds. The van der Waals surface area contributed by atoms with Crippen LogP contribution in [-0.4, -0.2) is 33.5 Å². The van der Waals surface area contributed by atoms with Gasteiger partial charge in [-0.15, -0.1) is 6.42 Å². The lowest BCUT2D eigenvalue weighted by atomic mass is 10.2. The summed E-state index contributed by atoms with van der Waals surface area (Å²) in [6, 6.07) is 5.81. The molecule has 1 aromatic carbocycles. The fourth-order valence-electron chi connectivity index (χ4n) is 1.81. The van der Waals surface area contributed by atoms with Crippen molar-refractivity contribution < 1.29 is 14.2 Å². The molecule has 0 saturated carbocycles. The van der Waals surface area contributed by atoms with Crippen LogP contribution in [-0.2, 0) is 11.3 Å². The lowest BCUT2D eigenvalue weighted by molar-refractivity contribution is 0.144. The van der Waals surface area contributed by atoms with E-state index in [9.17, 15) is 0 Å². The number of nitrogens with one attached hydrogen (secondary N) is 1. The molecule has 0 aliphatic heterocycles. The molecule has 110 valence electrons. The van der Waals surface area contributed by atoms with Gasteiger partial charge in [-0.05, 0) is 26.0 Å². The third kappa shape index (κ3) is 5.52. The number of terminal acetylenes is 1. The summed E-state index contributed by atoms with van der Waals surface area (Å²) in [5.41, 5.74) is 1.04. The zero-order valence-corrected chi connectivity index (χ0v) is 12.3. The molecule has 0 bridgehead atoms. The van der Waals surface area contributed by atoms with Crippen molar-refractivity contribution in [2.45, 2.75) is 19.9 Å². The van der Waals surface area contributed by atoms with Crippen molar-refractivity contribution in [3.05, 3.63) is 23.8 Å². The number of benzene rings is 1. The van der Waals surface area contributed by atoms with Crippen molar-refractivity contribution in [2.75, 3.05) is 33.5 Å². The van der Waals surface area contributed by atoms with E-state index in [1.165, 1.54) is 0 Å². The number of rotatable bonds is 10. The second kappa shape index (κ2) is 10.1. The van der Waals surface area contributed by atoms with Gasteiger partial charge in [-0.2, -0.15) is 0 Å². The summed E-state index contributed by atoms with van der Waals surface area (Å²) in [6.07, 6.45) is 6.23. The Balaban J connectivity index is 2.53. The molecular formula is C16H23NO3. The highest BCUT2D eigenvalue weighted by Crippen LogP contribution is 2.30. The van der Waals surface area contributed by atoms with Gasteiger partial charge in [0, 0.05) is 25.3 Å². The van der Waals surface area contributed by atoms with Gasteiger partial charge in [-0.3, -0.25) is 0 Å². The molecule has 0 radical (unpaired) electrons. The summed E-state index contributed by atoms with van der Waals surface area (Å²) in [5.74, 6) is 3.89. The van der Waals surface area contributed by atoms with E-state index in [-0.39, 0.29) is 6.61 Å². The van der Waals surface area contributed by atoms with E-state index in [1.54, 1.807) is 7.11 Å². The number of hydrogen-bond acceptors (Lipinski definition) is 4. The van der Waals surface area contributed by atoms with Crippen LogP contribution in [0.5, 0.6) is 11.5 Å². The fraction of sp³-hybridized carbons (Fsp3) is 0.500. The summed E-state index contributed by atoms with van der Waals surface area (Å²) in [5, 5.41) is 3.36. The number of ether oxygens (including phenoxy) is 3. The van der Waals surface area contributed by atoms with Crippen molar-refractivity contribution in [2.24, 2.45) is 0 Å². The molecule has 0 aliphatic carbocycles. The van der Waals surface area contributed by atoms with E-state index in [1.807, 2.05) is 25.1 Å². The highest BCUT2D eigenvalue weighted by atomic mass is 16.5. The Morgan fingerprint density at radius 2 is 2.20 bits per heavy atom. The highest BCUT2D eigenvalue weighted by Gasteiger charge is 2.09. The van der Waals surface area contributed by atoms with Gasteiger partial charge in [0.1, 0.15) is 6.61 Å². The summed E-state index contributed by atoms with van der Waals surface area (Å²) >= 11 is 0. The smallest absolute Gasteiger partial charge is 0.167 e. The molecule has 4 heteroatoms. The van der Waals surface area contributed by atoms with Crippen molar-refractivity contribution in [3.63, 3.8) is 0 Å². The quantitative estimate of drug-likeness (QED) is 0.526. The second-order valence-corrected chi connectivity index (χ2v) is 4.17. The fourth-order valence-corrected chi connectivity index (χ4v) is 1.81. The Hall–Kier alpha value is -1.70. The summed E-state index contributed by atoms with van der Waals surface area (Å²) in [6.45, 7) is 5.38. The van der Waals surface area contributed by atoms with Gasteiger partial charge in [-0.1, -0.05) is 18.1 Å². The van der Waals surface area contributed by atoms with E-state index in [2.05, 4.69) is 11.2 Å². The van der Waals surface area contributed by atoms with E-state index in [4.69, 9.17) is 20.6 Å². The van der Waals surface area contributed by atoms with E-state index in [0.29, 0.717) is 18.0 Å². The lowest BCUT2D eigenvalue weighted by Gasteiger charge is -2.14. The van der Waals surface area contributed by atoms with Gasteiger partial charge in [0.15, 0.2) is 11.5 Å². The third-order valence-corrected chi connectivity index (χ3v) is 2.74.